The number of amides is 1. The third-order valence-electron chi connectivity index (χ3n) is 6.17. The van der Waals surface area contributed by atoms with E-state index in [0.29, 0.717) is 15.9 Å². The predicted molar refractivity (Wildman–Crippen MR) is 152 cm³/mol. The van der Waals surface area contributed by atoms with Crippen LogP contribution < -0.4 is 16.2 Å². The highest BCUT2D eigenvalue weighted by atomic mass is 32.1. The first-order valence-electron chi connectivity index (χ1n) is 11.8. The number of aromatic nitrogens is 2. The maximum Gasteiger partial charge on any atom is 0.263 e. The van der Waals surface area contributed by atoms with E-state index < -0.39 is 0 Å². The normalized spacial score (nSPS) is 11.0. The van der Waals surface area contributed by atoms with Gasteiger partial charge in [-0.25, -0.2) is 4.98 Å². The SMILES string of the molecule is O=C(Cn1cnc2scc(-c3ccc4ccccc4c3)c2c1=O)Nc1ccc(Nc2ccccc2)cc1. The predicted octanol–water partition coefficient (Wildman–Crippen LogP) is 6.66. The van der Waals surface area contributed by atoms with E-state index in [2.05, 4.69) is 39.9 Å². The first-order valence-corrected chi connectivity index (χ1v) is 12.7. The molecule has 0 aliphatic heterocycles. The average Bonchev–Trinajstić information content (AvgIpc) is 3.37. The molecule has 180 valence electrons. The van der Waals surface area contributed by atoms with Gasteiger partial charge in [-0.3, -0.25) is 14.2 Å². The van der Waals surface area contributed by atoms with Crippen molar-refractivity contribution in [1.29, 1.82) is 0 Å². The summed E-state index contributed by atoms with van der Waals surface area (Å²) in [5, 5.41) is 10.9. The number of para-hydroxylation sites is 1. The van der Waals surface area contributed by atoms with Crippen molar-refractivity contribution in [1.82, 2.24) is 9.55 Å². The number of fused-ring (bicyclic) bond motifs is 2. The zero-order valence-corrected chi connectivity index (χ0v) is 20.5. The zero-order chi connectivity index (χ0) is 25.2. The summed E-state index contributed by atoms with van der Waals surface area (Å²) in [6.07, 6.45) is 1.44. The second kappa shape index (κ2) is 9.72. The van der Waals surface area contributed by atoms with Crippen LogP contribution in [0.4, 0.5) is 17.1 Å². The van der Waals surface area contributed by atoms with E-state index in [0.717, 1.165) is 33.3 Å². The quantitative estimate of drug-likeness (QED) is 0.267. The fourth-order valence-electron chi connectivity index (χ4n) is 4.33. The lowest BCUT2D eigenvalue weighted by atomic mass is 10.0. The van der Waals surface area contributed by atoms with Crippen molar-refractivity contribution in [3.63, 3.8) is 0 Å². The van der Waals surface area contributed by atoms with E-state index in [-0.39, 0.29) is 18.0 Å². The number of hydrogen-bond acceptors (Lipinski definition) is 5. The van der Waals surface area contributed by atoms with Crippen molar-refractivity contribution in [2.24, 2.45) is 0 Å². The van der Waals surface area contributed by atoms with Crippen molar-refractivity contribution >= 4 is 55.3 Å². The van der Waals surface area contributed by atoms with Crippen LogP contribution in [0.1, 0.15) is 0 Å². The molecule has 0 radical (unpaired) electrons. The Labute approximate surface area is 216 Å². The van der Waals surface area contributed by atoms with Gasteiger partial charge in [0.1, 0.15) is 11.4 Å². The van der Waals surface area contributed by atoms with Crippen LogP contribution in [0.3, 0.4) is 0 Å². The standard InChI is InChI=1S/C30H22N4O2S/c35-27(33-25-14-12-24(13-15-25)32-23-8-2-1-3-9-23)17-34-19-31-29-28(30(34)36)26(18-37-29)22-11-10-20-6-4-5-7-21(20)16-22/h1-16,18-19,32H,17H2,(H,33,35). The van der Waals surface area contributed by atoms with Crippen molar-refractivity contribution in [2.75, 3.05) is 10.6 Å². The Balaban J connectivity index is 1.21. The number of thiophene rings is 1. The lowest BCUT2D eigenvalue weighted by Crippen LogP contribution is -2.27. The molecule has 4 aromatic carbocycles. The molecule has 1 amide bonds. The molecule has 0 saturated carbocycles. The number of hydrogen-bond donors (Lipinski definition) is 2. The molecule has 6 rings (SSSR count). The molecule has 37 heavy (non-hydrogen) atoms. The third-order valence-corrected chi connectivity index (χ3v) is 7.05. The highest BCUT2D eigenvalue weighted by Gasteiger charge is 2.15. The Kier molecular flexibility index (Phi) is 5.96. The van der Waals surface area contributed by atoms with Gasteiger partial charge in [0.05, 0.1) is 11.7 Å². The minimum absolute atomic E-state index is 0.126. The lowest BCUT2D eigenvalue weighted by molar-refractivity contribution is -0.116. The van der Waals surface area contributed by atoms with Crippen LogP contribution in [0.5, 0.6) is 0 Å². The summed E-state index contributed by atoms with van der Waals surface area (Å²) in [6.45, 7) is -0.126. The summed E-state index contributed by atoms with van der Waals surface area (Å²) in [6, 6.07) is 31.6. The number of benzene rings is 4. The lowest BCUT2D eigenvalue weighted by Gasteiger charge is -2.10. The van der Waals surface area contributed by atoms with Gasteiger partial charge in [-0.1, -0.05) is 54.6 Å². The van der Waals surface area contributed by atoms with Gasteiger partial charge < -0.3 is 10.6 Å². The van der Waals surface area contributed by atoms with E-state index >= 15 is 0 Å². The molecule has 6 nitrogen and oxygen atoms in total. The monoisotopic (exact) mass is 502 g/mol. The summed E-state index contributed by atoms with van der Waals surface area (Å²) >= 11 is 1.43. The van der Waals surface area contributed by atoms with Crippen molar-refractivity contribution < 1.29 is 4.79 Å². The third kappa shape index (κ3) is 4.72. The number of anilines is 3. The maximum absolute atomic E-state index is 13.4. The molecule has 0 unspecified atom stereocenters. The van der Waals surface area contributed by atoms with Gasteiger partial charge in [0.2, 0.25) is 5.91 Å². The Morgan fingerprint density at radius 2 is 1.51 bits per heavy atom. The molecule has 2 aromatic heterocycles. The van der Waals surface area contributed by atoms with Gasteiger partial charge in [0.25, 0.3) is 5.56 Å². The smallest absolute Gasteiger partial charge is 0.263 e. The molecule has 0 saturated heterocycles. The highest BCUT2D eigenvalue weighted by molar-refractivity contribution is 7.17. The molecule has 0 fully saturated rings. The molecular formula is C30H22N4O2S. The summed E-state index contributed by atoms with van der Waals surface area (Å²) in [4.78, 5) is 31.3. The van der Waals surface area contributed by atoms with Gasteiger partial charge in [0.15, 0.2) is 0 Å². The fourth-order valence-corrected chi connectivity index (χ4v) is 5.24. The van der Waals surface area contributed by atoms with Crippen LogP contribution in [-0.2, 0) is 11.3 Å². The summed E-state index contributed by atoms with van der Waals surface area (Å²) < 4.78 is 1.36. The number of carbonyl (C=O) groups is 1. The van der Waals surface area contributed by atoms with E-state index in [1.54, 1.807) is 0 Å². The second-order valence-corrected chi connectivity index (χ2v) is 9.54. The van der Waals surface area contributed by atoms with Gasteiger partial charge in [-0.2, -0.15) is 0 Å². The molecule has 2 heterocycles. The van der Waals surface area contributed by atoms with E-state index in [9.17, 15) is 9.59 Å². The molecule has 0 aliphatic rings. The van der Waals surface area contributed by atoms with Crippen LogP contribution >= 0.6 is 11.3 Å². The van der Waals surface area contributed by atoms with Gasteiger partial charge in [-0.05, 0) is 58.8 Å². The molecule has 0 bridgehead atoms. The Morgan fingerprint density at radius 1 is 0.811 bits per heavy atom. The molecular weight excluding hydrogens is 480 g/mol. The molecule has 0 atom stereocenters. The molecule has 6 aromatic rings. The van der Waals surface area contributed by atoms with Crippen LogP contribution in [0.15, 0.2) is 114 Å². The van der Waals surface area contributed by atoms with E-state index in [1.165, 1.54) is 22.2 Å². The first-order chi connectivity index (χ1) is 18.1. The number of carbonyl (C=O) groups excluding carboxylic acids is 1. The Morgan fingerprint density at radius 3 is 2.32 bits per heavy atom. The van der Waals surface area contributed by atoms with Crippen LogP contribution in [0, 0.1) is 0 Å². The minimum Gasteiger partial charge on any atom is -0.356 e. The summed E-state index contributed by atoms with van der Waals surface area (Å²) in [7, 11) is 0. The number of nitrogens with zero attached hydrogens (tertiary/aromatic N) is 2. The van der Waals surface area contributed by atoms with Gasteiger partial charge >= 0.3 is 0 Å². The van der Waals surface area contributed by atoms with Gasteiger partial charge in [0, 0.05) is 28.0 Å². The van der Waals surface area contributed by atoms with Crippen LogP contribution in [-0.4, -0.2) is 15.5 Å². The first kappa shape index (κ1) is 22.7. The zero-order valence-electron chi connectivity index (χ0n) is 19.7. The van der Waals surface area contributed by atoms with E-state index in [4.69, 9.17) is 0 Å². The van der Waals surface area contributed by atoms with Crippen LogP contribution in [0.2, 0.25) is 0 Å². The minimum atomic E-state index is -0.297. The van der Waals surface area contributed by atoms with Crippen molar-refractivity contribution in [2.45, 2.75) is 6.54 Å². The molecule has 0 spiro atoms. The molecule has 7 heteroatoms. The topological polar surface area (TPSA) is 76.0 Å². The van der Waals surface area contributed by atoms with E-state index in [1.807, 2.05) is 78.2 Å². The molecule has 0 aliphatic carbocycles. The largest absolute Gasteiger partial charge is 0.356 e. The van der Waals surface area contributed by atoms with Crippen LogP contribution in [0.25, 0.3) is 32.1 Å². The van der Waals surface area contributed by atoms with Crippen molar-refractivity contribution in [3.05, 3.63) is 119 Å². The maximum atomic E-state index is 13.4. The molecule has 2 N–H and O–H groups in total. The average molecular weight is 503 g/mol. The second-order valence-electron chi connectivity index (χ2n) is 8.69. The van der Waals surface area contributed by atoms with Crippen molar-refractivity contribution in [3.8, 4) is 11.1 Å². The fraction of sp³-hybridized carbons (Fsp3) is 0.0333. The van der Waals surface area contributed by atoms with Gasteiger partial charge in [-0.15, -0.1) is 11.3 Å². The summed E-state index contributed by atoms with van der Waals surface area (Å²) in [5.74, 6) is -0.297. The number of rotatable bonds is 6. The Bertz CT molecular complexity index is 1790. The summed E-state index contributed by atoms with van der Waals surface area (Å²) in [5.41, 5.74) is 4.10. The Hall–Kier alpha value is -4.75. The highest BCUT2D eigenvalue weighted by Crippen LogP contribution is 2.32. The number of nitrogens with one attached hydrogen (secondary N) is 2.